The summed E-state index contributed by atoms with van der Waals surface area (Å²) in [4.78, 5) is 28.6. The van der Waals surface area contributed by atoms with Crippen LogP contribution in [-0.2, 0) is 16.1 Å². The van der Waals surface area contributed by atoms with Gasteiger partial charge in [-0.3, -0.25) is 14.5 Å². The first-order valence-electron chi connectivity index (χ1n) is 9.59. The van der Waals surface area contributed by atoms with Crippen LogP contribution < -0.4 is 0 Å². The number of likely N-dealkylation sites (tertiary alicyclic amines) is 2. The van der Waals surface area contributed by atoms with Crippen LogP contribution in [0, 0.1) is 17.3 Å². The monoisotopic (exact) mass is 361 g/mol. The number of hydrogen-bond donors (Lipinski definition) is 1. The Hall–Kier alpha value is -1.89. The topological polar surface area (TPSA) is 86.9 Å². The van der Waals surface area contributed by atoms with Gasteiger partial charge in [-0.05, 0) is 12.8 Å². The highest BCUT2D eigenvalue weighted by Gasteiger charge is 2.58. The van der Waals surface area contributed by atoms with E-state index in [1.807, 2.05) is 11.0 Å². The molecule has 3 heterocycles. The van der Waals surface area contributed by atoms with E-state index in [-0.39, 0.29) is 23.7 Å². The van der Waals surface area contributed by atoms with Gasteiger partial charge in [0, 0.05) is 56.5 Å². The fraction of sp³-hybridized carbons (Fsp3) is 0.737. The molecule has 7 nitrogen and oxygen atoms in total. The molecule has 2 aliphatic heterocycles. The number of rotatable bonds is 5. The van der Waals surface area contributed by atoms with E-state index in [9.17, 15) is 14.7 Å². The summed E-state index contributed by atoms with van der Waals surface area (Å²) in [6.07, 6.45) is 3.02. The van der Waals surface area contributed by atoms with Crippen LogP contribution >= 0.6 is 0 Å². The van der Waals surface area contributed by atoms with Crippen molar-refractivity contribution in [3.05, 3.63) is 17.5 Å². The van der Waals surface area contributed by atoms with Crippen molar-refractivity contribution in [3.63, 3.8) is 0 Å². The summed E-state index contributed by atoms with van der Waals surface area (Å²) in [5, 5.41) is 14.1. The minimum atomic E-state index is -0.843. The molecule has 2 saturated heterocycles. The standard InChI is InChI=1S/C19H27N3O4/c1-12(2)16-6-15(20-26-16)9-21-7-14-8-22(17(23)13-4-3-5-13)11-19(14,10-21)18(24)25/h6,12-14H,3-5,7-11H2,1-2H3,(H,24,25)/t14-,19-/m0/s1. The van der Waals surface area contributed by atoms with Crippen molar-refractivity contribution in [1.29, 1.82) is 0 Å². The normalized spacial score (nSPS) is 29.2. The van der Waals surface area contributed by atoms with Gasteiger partial charge < -0.3 is 14.5 Å². The zero-order valence-electron chi connectivity index (χ0n) is 15.5. The number of aliphatic carboxylic acids is 1. The molecule has 1 amide bonds. The average molecular weight is 361 g/mol. The summed E-state index contributed by atoms with van der Waals surface area (Å²) in [5.41, 5.74) is 0.000853. The maximum Gasteiger partial charge on any atom is 0.313 e. The lowest BCUT2D eigenvalue weighted by atomic mass is 9.81. The van der Waals surface area contributed by atoms with Gasteiger partial charge in [0.1, 0.15) is 11.2 Å². The lowest BCUT2D eigenvalue weighted by Gasteiger charge is -2.31. The predicted octanol–water partition coefficient (Wildman–Crippen LogP) is 1.94. The molecule has 3 fully saturated rings. The third-order valence-corrected chi connectivity index (χ3v) is 6.40. The second-order valence-corrected chi connectivity index (χ2v) is 8.55. The molecule has 142 valence electrons. The molecule has 0 unspecified atom stereocenters. The van der Waals surface area contributed by atoms with Gasteiger partial charge in [0.2, 0.25) is 5.91 Å². The van der Waals surface area contributed by atoms with Gasteiger partial charge in [-0.25, -0.2) is 0 Å². The molecule has 1 saturated carbocycles. The predicted molar refractivity (Wildman–Crippen MR) is 93.3 cm³/mol. The summed E-state index contributed by atoms with van der Waals surface area (Å²) in [5.74, 6) is 0.629. The first-order valence-corrected chi connectivity index (χ1v) is 9.59. The maximum atomic E-state index is 12.6. The number of hydrogen-bond acceptors (Lipinski definition) is 5. The first kappa shape index (κ1) is 17.5. The fourth-order valence-electron chi connectivity index (χ4n) is 4.58. The summed E-state index contributed by atoms with van der Waals surface area (Å²) in [7, 11) is 0. The number of carbonyl (C=O) groups is 2. The Balaban J connectivity index is 1.44. The fourth-order valence-corrected chi connectivity index (χ4v) is 4.58. The van der Waals surface area contributed by atoms with Gasteiger partial charge in [0.05, 0.1) is 5.69 Å². The van der Waals surface area contributed by atoms with Crippen LogP contribution in [-0.4, -0.2) is 58.1 Å². The van der Waals surface area contributed by atoms with E-state index >= 15 is 0 Å². The Kier molecular flexibility index (Phi) is 4.29. The minimum Gasteiger partial charge on any atom is -0.481 e. The van der Waals surface area contributed by atoms with Crippen LogP contribution in [0.5, 0.6) is 0 Å². The number of nitrogens with zero attached hydrogens (tertiary/aromatic N) is 3. The smallest absolute Gasteiger partial charge is 0.313 e. The Bertz CT molecular complexity index is 711. The Morgan fingerprint density at radius 2 is 2.12 bits per heavy atom. The molecule has 1 aromatic heterocycles. The summed E-state index contributed by atoms with van der Waals surface area (Å²) < 4.78 is 5.35. The second kappa shape index (κ2) is 6.37. The molecule has 4 rings (SSSR count). The van der Waals surface area contributed by atoms with Crippen molar-refractivity contribution < 1.29 is 19.2 Å². The van der Waals surface area contributed by atoms with Gasteiger partial charge in [-0.2, -0.15) is 0 Å². The molecule has 1 aromatic rings. The molecule has 0 radical (unpaired) electrons. The summed E-state index contributed by atoms with van der Waals surface area (Å²) >= 11 is 0. The number of fused-ring (bicyclic) bond motifs is 1. The average Bonchev–Trinajstić information content (AvgIpc) is 3.18. The number of carboxylic acids is 1. The van der Waals surface area contributed by atoms with E-state index < -0.39 is 11.4 Å². The zero-order chi connectivity index (χ0) is 18.5. The first-order chi connectivity index (χ1) is 12.4. The minimum absolute atomic E-state index is 0.0134. The molecule has 26 heavy (non-hydrogen) atoms. The Morgan fingerprint density at radius 1 is 1.35 bits per heavy atom. The van der Waals surface area contributed by atoms with Crippen LogP contribution in [0.3, 0.4) is 0 Å². The van der Waals surface area contributed by atoms with E-state index in [1.54, 1.807) is 0 Å². The molecule has 2 atom stereocenters. The van der Waals surface area contributed by atoms with Gasteiger partial charge >= 0.3 is 5.97 Å². The van der Waals surface area contributed by atoms with Crippen LogP contribution in [0.25, 0.3) is 0 Å². The van der Waals surface area contributed by atoms with Crippen molar-refractivity contribution in [2.24, 2.45) is 17.3 Å². The number of carboxylic acid groups (broad SMARTS) is 1. The molecular formula is C19H27N3O4. The number of carbonyl (C=O) groups excluding carboxylic acids is 1. The lowest BCUT2D eigenvalue weighted by molar-refractivity contribution is -0.149. The van der Waals surface area contributed by atoms with Crippen molar-refractivity contribution in [2.75, 3.05) is 26.2 Å². The SMILES string of the molecule is CC(C)c1cc(CN2C[C@H]3CN(C(=O)C4CCC4)C[C@@]3(C(=O)O)C2)no1. The van der Waals surface area contributed by atoms with E-state index in [0.29, 0.717) is 32.7 Å². The van der Waals surface area contributed by atoms with Crippen molar-refractivity contribution >= 4 is 11.9 Å². The van der Waals surface area contributed by atoms with Crippen molar-refractivity contribution in [3.8, 4) is 0 Å². The molecule has 1 N–H and O–H groups in total. The molecule has 0 spiro atoms. The highest BCUT2D eigenvalue weighted by Crippen LogP contribution is 2.44. The third-order valence-electron chi connectivity index (χ3n) is 6.40. The van der Waals surface area contributed by atoms with Gasteiger partial charge in [-0.15, -0.1) is 0 Å². The van der Waals surface area contributed by atoms with Crippen LogP contribution in [0.1, 0.15) is 50.5 Å². The highest BCUT2D eigenvalue weighted by molar-refractivity contribution is 5.83. The van der Waals surface area contributed by atoms with Crippen LogP contribution in [0.4, 0.5) is 0 Å². The lowest BCUT2D eigenvalue weighted by Crippen LogP contribution is -2.44. The van der Waals surface area contributed by atoms with Crippen molar-refractivity contribution in [2.45, 2.75) is 45.6 Å². The van der Waals surface area contributed by atoms with E-state index in [0.717, 1.165) is 30.7 Å². The van der Waals surface area contributed by atoms with Crippen LogP contribution in [0.15, 0.2) is 10.6 Å². The highest BCUT2D eigenvalue weighted by atomic mass is 16.5. The van der Waals surface area contributed by atoms with Crippen LogP contribution in [0.2, 0.25) is 0 Å². The van der Waals surface area contributed by atoms with Gasteiger partial charge in [-0.1, -0.05) is 25.4 Å². The summed E-state index contributed by atoms with van der Waals surface area (Å²) in [6, 6.07) is 1.96. The Labute approximate surface area is 153 Å². The molecule has 1 aliphatic carbocycles. The molecular weight excluding hydrogens is 334 g/mol. The van der Waals surface area contributed by atoms with E-state index in [4.69, 9.17) is 4.52 Å². The van der Waals surface area contributed by atoms with Gasteiger partial charge in [0.15, 0.2) is 0 Å². The number of amides is 1. The zero-order valence-corrected chi connectivity index (χ0v) is 15.5. The van der Waals surface area contributed by atoms with E-state index in [2.05, 4.69) is 23.9 Å². The maximum absolute atomic E-state index is 12.6. The van der Waals surface area contributed by atoms with E-state index in [1.165, 1.54) is 0 Å². The second-order valence-electron chi connectivity index (χ2n) is 8.55. The quantitative estimate of drug-likeness (QED) is 0.862. The molecule has 0 bridgehead atoms. The molecule has 7 heteroatoms. The van der Waals surface area contributed by atoms with Gasteiger partial charge in [0.25, 0.3) is 0 Å². The third kappa shape index (κ3) is 2.82. The summed E-state index contributed by atoms with van der Waals surface area (Å²) in [6.45, 7) is 6.76. The Morgan fingerprint density at radius 3 is 2.65 bits per heavy atom. The molecule has 0 aromatic carbocycles. The number of aromatic nitrogens is 1. The molecule has 3 aliphatic rings. The largest absolute Gasteiger partial charge is 0.481 e. The van der Waals surface area contributed by atoms with Crippen molar-refractivity contribution in [1.82, 2.24) is 15.0 Å².